The lowest BCUT2D eigenvalue weighted by molar-refractivity contribution is 0.0997. The summed E-state index contributed by atoms with van der Waals surface area (Å²) in [6.45, 7) is 3.00. The van der Waals surface area contributed by atoms with E-state index in [4.69, 9.17) is 13.9 Å². The zero-order valence-electron chi connectivity index (χ0n) is 19.3. The number of aliphatic hydroxyl groups is 1. The molecule has 182 valence electrons. The number of nitrogens with zero attached hydrogens (tertiary/aromatic N) is 3. The van der Waals surface area contributed by atoms with E-state index in [2.05, 4.69) is 20.6 Å². The lowest BCUT2D eigenvalue weighted by Gasteiger charge is -2.32. The summed E-state index contributed by atoms with van der Waals surface area (Å²) in [5.74, 6) is 0.266. The Kier molecular flexibility index (Phi) is 6.37. The number of hydrogen-bond acceptors (Lipinski definition) is 8. The number of fused-ring (bicyclic) bond motifs is 1. The Hall–Kier alpha value is -3.92. The van der Waals surface area contributed by atoms with Crippen LogP contribution >= 0.6 is 0 Å². The number of benzene rings is 1. The minimum Gasteiger partial charge on any atom is -0.451 e. The van der Waals surface area contributed by atoms with Gasteiger partial charge < -0.3 is 29.5 Å². The lowest BCUT2D eigenvalue weighted by Crippen LogP contribution is -2.36. The van der Waals surface area contributed by atoms with Gasteiger partial charge in [0.05, 0.1) is 18.0 Å². The highest BCUT2D eigenvalue weighted by Gasteiger charge is 2.24. The van der Waals surface area contributed by atoms with Gasteiger partial charge in [0.2, 0.25) is 0 Å². The molecule has 5 rings (SSSR count). The summed E-state index contributed by atoms with van der Waals surface area (Å²) >= 11 is 0. The van der Waals surface area contributed by atoms with E-state index in [1.807, 2.05) is 24.0 Å². The predicted molar refractivity (Wildman–Crippen MR) is 131 cm³/mol. The van der Waals surface area contributed by atoms with Gasteiger partial charge in [-0.25, -0.2) is 4.39 Å². The largest absolute Gasteiger partial charge is 0.451 e. The van der Waals surface area contributed by atoms with E-state index >= 15 is 0 Å². The number of amides is 1. The van der Waals surface area contributed by atoms with Crippen LogP contribution in [-0.2, 0) is 0 Å². The number of anilines is 3. The molecule has 3 N–H and O–H groups in total. The molecule has 0 spiro atoms. The number of hydrogen-bond donors (Lipinski definition) is 3. The van der Waals surface area contributed by atoms with Crippen LogP contribution < -0.4 is 15.5 Å². The number of nitrogens with one attached hydrogen (secondary N) is 2. The molecule has 0 aliphatic carbocycles. The van der Waals surface area contributed by atoms with Gasteiger partial charge in [-0.15, -0.1) is 0 Å². The molecule has 9 nitrogen and oxygen atoms in total. The van der Waals surface area contributed by atoms with E-state index in [1.165, 1.54) is 0 Å². The van der Waals surface area contributed by atoms with Crippen molar-refractivity contribution in [1.29, 1.82) is 0 Å². The molecule has 1 saturated heterocycles. The number of piperidine rings is 1. The number of carbonyl (C=O) groups excluding carboxylic acids is 1. The van der Waals surface area contributed by atoms with Gasteiger partial charge in [-0.1, -0.05) is 0 Å². The number of alkyl halides is 1. The molecule has 4 aromatic rings. The topological polar surface area (TPSA) is 117 Å². The first-order chi connectivity index (χ1) is 17.0. The quantitative estimate of drug-likeness (QED) is 0.357. The summed E-state index contributed by atoms with van der Waals surface area (Å²) in [6.07, 6.45) is 1.97. The molecule has 35 heavy (non-hydrogen) atoms. The molecular formula is C25H26FN5O4. The maximum atomic E-state index is 14.2. The summed E-state index contributed by atoms with van der Waals surface area (Å²) < 4.78 is 25.8. The van der Waals surface area contributed by atoms with Crippen molar-refractivity contribution in [2.45, 2.75) is 25.9 Å². The molecule has 3 aromatic heterocycles. The summed E-state index contributed by atoms with van der Waals surface area (Å²) in [7, 11) is 0. The molecule has 1 atom stereocenters. The van der Waals surface area contributed by atoms with Gasteiger partial charge >= 0.3 is 0 Å². The molecule has 1 aliphatic rings. The summed E-state index contributed by atoms with van der Waals surface area (Å²) in [4.78, 5) is 23.6. The highest BCUT2D eigenvalue weighted by Crippen LogP contribution is 2.35. The molecule has 0 bridgehead atoms. The van der Waals surface area contributed by atoms with Gasteiger partial charge in [0.1, 0.15) is 17.4 Å². The van der Waals surface area contributed by atoms with Crippen LogP contribution in [0.3, 0.4) is 0 Å². The summed E-state index contributed by atoms with van der Waals surface area (Å²) in [5.41, 5.74) is 3.81. The number of oxazole rings is 1. The number of aryl methyl sites for hydroxylation is 1. The van der Waals surface area contributed by atoms with Crippen molar-refractivity contribution in [1.82, 2.24) is 9.97 Å². The Bertz CT molecular complexity index is 1350. The van der Waals surface area contributed by atoms with Crippen LogP contribution in [0, 0.1) is 6.92 Å². The van der Waals surface area contributed by atoms with Gasteiger partial charge in [-0.2, -0.15) is 4.98 Å². The highest BCUT2D eigenvalue weighted by molar-refractivity contribution is 6.06. The molecule has 4 heterocycles. The van der Waals surface area contributed by atoms with Crippen LogP contribution in [0.5, 0.6) is 0 Å². The SMILES string of the molecule is Cc1cc(-c2ccc(C(=O)Nc3cc4oc(NCCO)nc4cc3N3CCCC(F)C3)o2)ccn1. The maximum absolute atomic E-state index is 14.2. The Balaban J connectivity index is 1.45. The van der Waals surface area contributed by atoms with E-state index in [0.717, 1.165) is 11.3 Å². The minimum absolute atomic E-state index is 0.0683. The minimum atomic E-state index is -0.946. The fourth-order valence-corrected chi connectivity index (χ4v) is 4.20. The van der Waals surface area contributed by atoms with Crippen molar-refractivity contribution in [2.75, 3.05) is 41.8 Å². The number of aromatic nitrogens is 2. The van der Waals surface area contributed by atoms with E-state index in [1.54, 1.807) is 30.5 Å². The van der Waals surface area contributed by atoms with Crippen molar-refractivity contribution in [3.63, 3.8) is 0 Å². The van der Waals surface area contributed by atoms with Crippen LogP contribution in [0.1, 0.15) is 29.1 Å². The van der Waals surface area contributed by atoms with Crippen LogP contribution in [0.15, 0.2) is 51.4 Å². The Labute approximate surface area is 201 Å². The predicted octanol–water partition coefficient (Wildman–Crippen LogP) is 4.39. The Morgan fingerprint density at radius 2 is 2.14 bits per heavy atom. The van der Waals surface area contributed by atoms with E-state index in [0.29, 0.717) is 47.6 Å². The van der Waals surface area contributed by atoms with Crippen LogP contribution in [-0.4, -0.2) is 53.4 Å². The molecule has 1 unspecified atom stereocenters. The first kappa shape index (κ1) is 22.9. The van der Waals surface area contributed by atoms with Crippen molar-refractivity contribution >= 4 is 34.4 Å². The molecule has 10 heteroatoms. The smallest absolute Gasteiger partial charge is 0.295 e. The molecule has 0 radical (unpaired) electrons. The fourth-order valence-electron chi connectivity index (χ4n) is 4.20. The lowest BCUT2D eigenvalue weighted by atomic mass is 10.1. The molecular weight excluding hydrogens is 453 g/mol. The second kappa shape index (κ2) is 9.75. The zero-order chi connectivity index (χ0) is 24.4. The Morgan fingerprint density at radius 3 is 2.94 bits per heavy atom. The highest BCUT2D eigenvalue weighted by atomic mass is 19.1. The fraction of sp³-hybridized carbons (Fsp3) is 0.320. The third-order valence-electron chi connectivity index (χ3n) is 5.86. The second-order valence-electron chi connectivity index (χ2n) is 8.50. The standard InChI is InChI=1S/C25H26FN5O4/c1-15-11-16(6-7-27-15)21-4-5-22(34-21)24(33)29-18-13-23-19(30-25(35-23)28-8-10-32)12-20(18)31-9-2-3-17(26)14-31/h4-7,11-13,17,32H,2-3,8-10,14H2,1H3,(H,28,30)(H,29,33). The van der Waals surface area contributed by atoms with Gasteiger partial charge in [-0.3, -0.25) is 9.78 Å². The number of carbonyl (C=O) groups is 1. The molecule has 1 aromatic carbocycles. The van der Waals surface area contributed by atoms with Crippen molar-refractivity contribution in [2.24, 2.45) is 0 Å². The first-order valence-electron chi connectivity index (χ1n) is 11.5. The molecule has 0 saturated carbocycles. The number of rotatable bonds is 7. The zero-order valence-corrected chi connectivity index (χ0v) is 19.3. The van der Waals surface area contributed by atoms with Gasteiger partial charge in [0, 0.05) is 43.2 Å². The average Bonchev–Trinajstić information content (AvgIpc) is 3.49. The molecule has 1 aliphatic heterocycles. The second-order valence-corrected chi connectivity index (χ2v) is 8.50. The van der Waals surface area contributed by atoms with E-state index < -0.39 is 12.1 Å². The van der Waals surface area contributed by atoms with E-state index in [9.17, 15) is 9.18 Å². The van der Waals surface area contributed by atoms with Crippen molar-refractivity contribution in [3.05, 3.63) is 54.0 Å². The maximum Gasteiger partial charge on any atom is 0.295 e. The first-order valence-corrected chi connectivity index (χ1v) is 11.5. The van der Waals surface area contributed by atoms with Crippen molar-refractivity contribution < 1.29 is 23.1 Å². The van der Waals surface area contributed by atoms with Crippen LogP contribution in [0.2, 0.25) is 0 Å². The van der Waals surface area contributed by atoms with Gasteiger partial charge in [0.25, 0.3) is 11.9 Å². The number of halogens is 1. The van der Waals surface area contributed by atoms with Crippen LogP contribution in [0.4, 0.5) is 21.8 Å². The normalized spacial score (nSPS) is 16.0. The number of furan rings is 1. The third-order valence-corrected chi connectivity index (χ3v) is 5.86. The average molecular weight is 480 g/mol. The number of pyridine rings is 1. The monoisotopic (exact) mass is 479 g/mol. The summed E-state index contributed by atoms with van der Waals surface area (Å²) in [6, 6.07) is 10.8. The van der Waals surface area contributed by atoms with Gasteiger partial charge in [-0.05, 0) is 50.1 Å². The van der Waals surface area contributed by atoms with E-state index in [-0.39, 0.29) is 31.5 Å². The third kappa shape index (κ3) is 4.97. The van der Waals surface area contributed by atoms with Crippen molar-refractivity contribution in [3.8, 4) is 11.3 Å². The number of aliphatic hydroxyl groups excluding tert-OH is 1. The Morgan fingerprint density at radius 1 is 1.26 bits per heavy atom. The molecule has 1 fully saturated rings. The molecule has 1 amide bonds. The van der Waals surface area contributed by atoms with Crippen LogP contribution in [0.25, 0.3) is 22.4 Å². The summed E-state index contributed by atoms with van der Waals surface area (Å²) in [5, 5.41) is 14.8. The van der Waals surface area contributed by atoms with Gasteiger partial charge in [0.15, 0.2) is 11.3 Å².